The molecule has 1 aromatic carbocycles. The van der Waals surface area contributed by atoms with Gasteiger partial charge in [0, 0.05) is 12.5 Å². The molecule has 1 aromatic heterocycles. The van der Waals surface area contributed by atoms with Gasteiger partial charge in [-0.1, -0.05) is 0 Å². The van der Waals surface area contributed by atoms with E-state index in [0.717, 1.165) is 11.8 Å². The van der Waals surface area contributed by atoms with Crippen LogP contribution < -0.4 is 5.32 Å². The van der Waals surface area contributed by atoms with E-state index in [9.17, 15) is 14.5 Å². The first-order valence-corrected chi connectivity index (χ1v) is 6.69. The van der Waals surface area contributed by atoms with E-state index in [1.54, 1.807) is 12.3 Å². The second-order valence-corrected chi connectivity index (χ2v) is 5.22. The Labute approximate surface area is 123 Å². The lowest BCUT2D eigenvalue weighted by molar-refractivity contribution is -0.384. The molecule has 1 unspecified atom stereocenters. The number of benzene rings is 1. The van der Waals surface area contributed by atoms with Gasteiger partial charge in [-0.3, -0.25) is 10.1 Å². The number of halogens is 2. The maximum absolute atomic E-state index is 13.4. The van der Waals surface area contributed by atoms with Gasteiger partial charge in [0.25, 0.3) is 5.69 Å². The van der Waals surface area contributed by atoms with Crippen LogP contribution in [-0.4, -0.2) is 11.0 Å². The summed E-state index contributed by atoms with van der Waals surface area (Å²) in [4.78, 5) is 10.3. The molecule has 7 heteroatoms. The Morgan fingerprint density at radius 3 is 2.90 bits per heavy atom. The Balaban J connectivity index is 2.19. The Morgan fingerprint density at radius 2 is 2.30 bits per heavy atom. The van der Waals surface area contributed by atoms with E-state index in [4.69, 9.17) is 4.42 Å². The van der Waals surface area contributed by atoms with E-state index in [2.05, 4.69) is 21.2 Å². The van der Waals surface area contributed by atoms with Crippen molar-refractivity contribution in [3.8, 4) is 0 Å². The monoisotopic (exact) mass is 342 g/mol. The molecule has 5 nitrogen and oxygen atoms in total. The summed E-state index contributed by atoms with van der Waals surface area (Å²) in [6.07, 6.45) is 2.14. The number of anilines is 1. The second-order valence-electron chi connectivity index (χ2n) is 4.37. The molecule has 0 aliphatic heterocycles. The van der Waals surface area contributed by atoms with Crippen molar-refractivity contribution >= 4 is 27.3 Å². The van der Waals surface area contributed by atoms with Gasteiger partial charge in [0.2, 0.25) is 0 Å². The van der Waals surface area contributed by atoms with Gasteiger partial charge in [0.1, 0.15) is 17.3 Å². The number of hydrogen-bond acceptors (Lipinski definition) is 4. The largest absolute Gasteiger partial charge is 0.469 e. The highest BCUT2D eigenvalue weighted by Gasteiger charge is 2.19. The molecule has 0 amide bonds. The molecule has 2 aromatic rings. The Kier molecular flexibility index (Phi) is 4.39. The summed E-state index contributed by atoms with van der Waals surface area (Å²) in [6, 6.07) is 5.77. The van der Waals surface area contributed by atoms with Crippen LogP contribution in [-0.2, 0) is 6.42 Å². The minimum absolute atomic E-state index is 0.0998. The maximum atomic E-state index is 13.4. The molecular weight excluding hydrogens is 331 g/mol. The maximum Gasteiger partial charge on any atom is 0.295 e. The summed E-state index contributed by atoms with van der Waals surface area (Å²) >= 11 is 3.02. The van der Waals surface area contributed by atoms with Gasteiger partial charge in [-0.15, -0.1) is 0 Å². The predicted octanol–water partition coefficient (Wildman–Crippen LogP) is 4.13. The van der Waals surface area contributed by atoms with Gasteiger partial charge in [-0.25, -0.2) is 4.39 Å². The fraction of sp³-hybridized carbons (Fsp3) is 0.231. The summed E-state index contributed by atoms with van der Waals surface area (Å²) in [5, 5.41) is 13.9. The van der Waals surface area contributed by atoms with E-state index in [1.807, 2.05) is 13.0 Å². The molecule has 2 rings (SSSR count). The van der Waals surface area contributed by atoms with Crippen LogP contribution in [0.25, 0.3) is 0 Å². The molecule has 1 heterocycles. The van der Waals surface area contributed by atoms with E-state index < -0.39 is 10.7 Å². The summed E-state index contributed by atoms with van der Waals surface area (Å²) < 4.78 is 18.8. The van der Waals surface area contributed by atoms with E-state index in [0.29, 0.717) is 6.42 Å². The van der Waals surface area contributed by atoms with Gasteiger partial charge in [0.05, 0.1) is 21.7 Å². The smallest absolute Gasteiger partial charge is 0.295 e. The molecule has 0 radical (unpaired) electrons. The average Bonchev–Trinajstić information content (AvgIpc) is 2.85. The van der Waals surface area contributed by atoms with Crippen molar-refractivity contribution in [3.63, 3.8) is 0 Å². The Morgan fingerprint density at radius 1 is 1.55 bits per heavy atom. The third kappa shape index (κ3) is 3.36. The number of nitrogens with one attached hydrogen (secondary N) is 1. The van der Waals surface area contributed by atoms with Crippen LogP contribution in [0.3, 0.4) is 0 Å². The topological polar surface area (TPSA) is 68.3 Å². The summed E-state index contributed by atoms with van der Waals surface area (Å²) in [5.74, 6) is 0.106. The van der Waals surface area contributed by atoms with Crippen molar-refractivity contribution in [2.75, 3.05) is 5.32 Å². The molecule has 0 saturated carbocycles. The van der Waals surface area contributed by atoms with E-state index in [-0.39, 0.29) is 21.9 Å². The number of hydrogen-bond donors (Lipinski definition) is 1. The average molecular weight is 343 g/mol. The lowest BCUT2D eigenvalue weighted by Crippen LogP contribution is -2.18. The van der Waals surface area contributed by atoms with Crippen molar-refractivity contribution in [2.45, 2.75) is 19.4 Å². The fourth-order valence-electron chi connectivity index (χ4n) is 1.85. The van der Waals surface area contributed by atoms with Crippen LogP contribution in [0.2, 0.25) is 0 Å². The van der Waals surface area contributed by atoms with Crippen LogP contribution in [0.4, 0.5) is 15.8 Å². The Hall–Kier alpha value is -1.89. The second kappa shape index (κ2) is 6.04. The first-order valence-electron chi connectivity index (χ1n) is 5.89. The number of furan rings is 1. The first-order chi connectivity index (χ1) is 9.47. The van der Waals surface area contributed by atoms with Crippen LogP contribution in [0.5, 0.6) is 0 Å². The summed E-state index contributed by atoms with van der Waals surface area (Å²) in [7, 11) is 0. The van der Waals surface area contributed by atoms with Gasteiger partial charge >= 0.3 is 0 Å². The summed E-state index contributed by atoms with van der Waals surface area (Å²) in [6.45, 7) is 1.86. The highest BCUT2D eigenvalue weighted by Crippen LogP contribution is 2.31. The van der Waals surface area contributed by atoms with Gasteiger partial charge < -0.3 is 9.73 Å². The zero-order chi connectivity index (χ0) is 14.7. The van der Waals surface area contributed by atoms with Crippen LogP contribution in [0.15, 0.2) is 39.4 Å². The predicted molar refractivity (Wildman–Crippen MR) is 76.3 cm³/mol. The normalized spacial score (nSPS) is 12.2. The zero-order valence-electron chi connectivity index (χ0n) is 10.6. The Bertz CT molecular complexity index is 616. The zero-order valence-corrected chi connectivity index (χ0v) is 12.2. The van der Waals surface area contributed by atoms with Crippen LogP contribution in [0, 0.1) is 15.9 Å². The molecule has 0 aliphatic carbocycles. The quantitative estimate of drug-likeness (QED) is 0.655. The lowest BCUT2D eigenvalue weighted by Gasteiger charge is -2.14. The highest BCUT2D eigenvalue weighted by molar-refractivity contribution is 9.10. The molecule has 0 aliphatic rings. The third-order valence-corrected chi connectivity index (χ3v) is 3.33. The molecule has 0 fully saturated rings. The van der Waals surface area contributed by atoms with Gasteiger partial charge in [-0.2, -0.15) is 0 Å². The summed E-state index contributed by atoms with van der Waals surface area (Å²) in [5.41, 5.74) is -0.0284. The standard InChI is InChI=1S/C13H12BrFN2O3/c1-8(5-9-3-2-4-20-9)16-12-6-10(14)11(15)7-13(12)17(18)19/h2-4,6-8,16H,5H2,1H3. The first kappa shape index (κ1) is 14.5. The van der Waals surface area contributed by atoms with Crippen molar-refractivity contribution in [1.29, 1.82) is 0 Å². The fourth-order valence-corrected chi connectivity index (χ4v) is 2.19. The van der Waals surface area contributed by atoms with Crippen LogP contribution >= 0.6 is 15.9 Å². The van der Waals surface area contributed by atoms with E-state index >= 15 is 0 Å². The number of nitro benzene ring substituents is 1. The van der Waals surface area contributed by atoms with Gasteiger partial charge in [0.15, 0.2) is 0 Å². The molecule has 20 heavy (non-hydrogen) atoms. The molecule has 106 valence electrons. The molecular formula is C13H12BrFN2O3. The van der Waals surface area contributed by atoms with Crippen molar-refractivity contribution < 1.29 is 13.7 Å². The molecule has 1 atom stereocenters. The van der Waals surface area contributed by atoms with Gasteiger partial charge in [-0.05, 0) is 41.1 Å². The molecule has 0 spiro atoms. The van der Waals surface area contributed by atoms with Crippen molar-refractivity contribution in [3.05, 3.63) is 56.7 Å². The van der Waals surface area contributed by atoms with Crippen molar-refractivity contribution in [1.82, 2.24) is 0 Å². The lowest BCUT2D eigenvalue weighted by atomic mass is 10.1. The molecule has 0 saturated heterocycles. The van der Waals surface area contributed by atoms with Crippen molar-refractivity contribution in [2.24, 2.45) is 0 Å². The number of nitro groups is 1. The van der Waals surface area contributed by atoms with E-state index in [1.165, 1.54) is 6.07 Å². The minimum atomic E-state index is -0.666. The van der Waals surface area contributed by atoms with Crippen LogP contribution in [0.1, 0.15) is 12.7 Å². The minimum Gasteiger partial charge on any atom is -0.469 e. The molecule has 0 bridgehead atoms. The third-order valence-electron chi connectivity index (χ3n) is 2.72. The highest BCUT2D eigenvalue weighted by atomic mass is 79.9. The number of rotatable bonds is 5. The SMILES string of the molecule is CC(Cc1ccco1)Nc1cc(Br)c(F)cc1[N+](=O)[O-]. The molecule has 1 N–H and O–H groups in total. The number of nitrogens with zero attached hydrogens (tertiary/aromatic N) is 1.